The Morgan fingerprint density at radius 2 is 2.35 bits per heavy atom. The Bertz CT molecular complexity index is 447. The Hall–Kier alpha value is -1.14. The van der Waals surface area contributed by atoms with Crippen LogP contribution >= 0.6 is 15.9 Å². The second-order valence-electron chi connectivity index (χ2n) is 3.80. The number of benzene rings is 1. The van der Waals surface area contributed by atoms with Crippen LogP contribution in [0.5, 0.6) is 0 Å². The van der Waals surface area contributed by atoms with Crippen LogP contribution in [0.25, 0.3) is 0 Å². The highest BCUT2D eigenvalue weighted by atomic mass is 79.9. The molecule has 0 saturated carbocycles. The van der Waals surface area contributed by atoms with Crippen molar-refractivity contribution >= 4 is 27.6 Å². The van der Waals surface area contributed by atoms with Crippen LogP contribution < -0.4 is 5.32 Å². The average Bonchev–Trinajstić information content (AvgIpc) is 2.77. The third-order valence-electron chi connectivity index (χ3n) is 2.60. The molecule has 0 spiro atoms. The average molecular weight is 304 g/mol. The maximum Gasteiger partial charge on any atom is 0.336 e. The molecule has 0 bridgehead atoms. The van der Waals surface area contributed by atoms with Crippen LogP contribution in [0.15, 0.2) is 16.6 Å². The Balaban J connectivity index is 2.23. The molecule has 0 aromatic heterocycles. The lowest BCUT2D eigenvalue weighted by Crippen LogP contribution is -2.20. The lowest BCUT2D eigenvalue weighted by atomic mass is 10.1. The maximum absolute atomic E-state index is 13.9. The van der Waals surface area contributed by atoms with Crippen molar-refractivity contribution in [1.29, 1.82) is 0 Å². The number of halogens is 2. The minimum Gasteiger partial charge on any atom is -0.478 e. The number of hydrogen-bond acceptors (Lipinski definition) is 3. The minimum atomic E-state index is -1.16. The molecule has 2 N–H and O–H groups in total. The van der Waals surface area contributed by atoms with Gasteiger partial charge in [-0.15, -0.1) is 0 Å². The lowest BCUT2D eigenvalue weighted by Gasteiger charge is -2.14. The van der Waals surface area contributed by atoms with Gasteiger partial charge in [0.25, 0.3) is 0 Å². The second kappa shape index (κ2) is 5.01. The van der Waals surface area contributed by atoms with E-state index in [9.17, 15) is 9.18 Å². The van der Waals surface area contributed by atoms with E-state index in [4.69, 9.17) is 9.84 Å². The molecule has 1 unspecified atom stereocenters. The van der Waals surface area contributed by atoms with Gasteiger partial charge in [-0.1, -0.05) is 0 Å². The van der Waals surface area contributed by atoms with Crippen LogP contribution in [0.3, 0.4) is 0 Å². The molecule has 17 heavy (non-hydrogen) atoms. The summed E-state index contributed by atoms with van der Waals surface area (Å²) in [6.07, 6.45) is 0.817. The van der Waals surface area contributed by atoms with Crippen molar-refractivity contribution in [2.24, 2.45) is 0 Å². The number of nitrogens with one attached hydrogen (secondary N) is 1. The Morgan fingerprint density at radius 3 is 2.94 bits per heavy atom. The number of carbonyl (C=O) groups is 1. The number of carboxylic acids is 1. The fraction of sp³-hybridized carbons (Fsp3) is 0.364. The SMILES string of the molecule is O=C(O)c1ccc(NC2CCOC2)c(F)c1Br. The molecule has 2 rings (SSSR count). The van der Waals surface area contributed by atoms with Gasteiger partial charge in [0.1, 0.15) is 0 Å². The van der Waals surface area contributed by atoms with Crippen molar-refractivity contribution in [3.8, 4) is 0 Å². The van der Waals surface area contributed by atoms with Crippen LogP contribution in [-0.2, 0) is 4.74 Å². The van der Waals surface area contributed by atoms with Gasteiger partial charge in [-0.25, -0.2) is 9.18 Å². The number of ether oxygens (including phenoxy) is 1. The van der Waals surface area contributed by atoms with Gasteiger partial charge in [0.15, 0.2) is 5.82 Å². The first-order valence-electron chi connectivity index (χ1n) is 5.15. The van der Waals surface area contributed by atoms with Gasteiger partial charge in [0, 0.05) is 6.61 Å². The Labute approximate surface area is 106 Å². The van der Waals surface area contributed by atoms with Gasteiger partial charge < -0.3 is 15.2 Å². The van der Waals surface area contributed by atoms with Crippen molar-refractivity contribution < 1.29 is 19.0 Å². The molecule has 0 amide bonds. The molecule has 1 aromatic carbocycles. The Morgan fingerprint density at radius 1 is 1.59 bits per heavy atom. The van der Waals surface area contributed by atoms with E-state index >= 15 is 0 Å². The van der Waals surface area contributed by atoms with Crippen molar-refractivity contribution in [3.05, 3.63) is 28.0 Å². The zero-order valence-electron chi connectivity index (χ0n) is 8.87. The fourth-order valence-electron chi connectivity index (χ4n) is 1.69. The van der Waals surface area contributed by atoms with E-state index < -0.39 is 11.8 Å². The van der Waals surface area contributed by atoms with E-state index in [-0.39, 0.29) is 21.8 Å². The number of carboxylic acid groups (broad SMARTS) is 1. The van der Waals surface area contributed by atoms with Crippen molar-refractivity contribution in [1.82, 2.24) is 0 Å². The summed E-state index contributed by atoms with van der Waals surface area (Å²) in [4.78, 5) is 10.8. The van der Waals surface area contributed by atoms with E-state index in [2.05, 4.69) is 21.2 Å². The van der Waals surface area contributed by atoms with E-state index in [1.54, 1.807) is 0 Å². The van der Waals surface area contributed by atoms with E-state index in [1.807, 2.05) is 0 Å². The van der Waals surface area contributed by atoms with Gasteiger partial charge in [0.05, 0.1) is 28.4 Å². The molecule has 1 saturated heterocycles. The first-order valence-corrected chi connectivity index (χ1v) is 5.94. The zero-order valence-corrected chi connectivity index (χ0v) is 10.5. The summed E-state index contributed by atoms with van der Waals surface area (Å²) in [5.74, 6) is -1.75. The van der Waals surface area contributed by atoms with Gasteiger partial charge in [-0.2, -0.15) is 0 Å². The van der Waals surface area contributed by atoms with Gasteiger partial charge >= 0.3 is 5.97 Å². The number of aromatic carboxylic acids is 1. The summed E-state index contributed by atoms with van der Waals surface area (Å²) >= 11 is 2.95. The molecule has 1 atom stereocenters. The number of hydrogen-bond donors (Lipinski definition) is 2. The topological polar surface area (TPSA) is 58.6 Å². The van der Waals surface area contributed by atoms with Crippen LogP contribution in [0, 0.1) is 5.82 Å². The van der Waals surface area contributed by atoms with Gasteiger partial charge in [0.2, 0.25) is 0 Å². The maximum atomic E-state index is 13.9. The monoisotopic (exact) mass is 303 g/mol. The summed E-state index contributed by atoms with van der Waals surface area (Å²) in [5.41, 5.74) is 0.202. The van der Waals surface area contributed by atoms with Gasteiger partial charge in [-0.05, 0) is 34.5 Å². The highest BCUT2D eigenvalue weighted by Crippen LogP contribution is 2.28. The van der Waals surface area contributed by atoms with Crippen LogP contribution in [0.2, 0.25) is 0 Å². The first kappa shape index (κ1) is 12.3. The fourth-order valence-corrected chi connectivity index (χ4v) is 2.21. The summed E-state index contributed by atoms with van der Waals surface area (Å²) in [7, 11) is 0. The molecule has 6 heteroatoms. The highest BCUT2D eigenvalue weighted by molar-refractivity contribution is 9.10. The third-order valence-corrected chi connectivity index (χ3v) is 3.38. The molecule has 1 heterocycles. The highest BCUT2D eigenvalue weighted by Gasteiger charge is 2.20. The molecule has 4 nitrogen and oxygen atoms in total. The summed E-state index contributed by atoms with van der Waals surface area (Å²) in [5, 5.41) is 11.8. The van der Waals surface area contributed by atoms with Crippen molar-refractivity contribution in [2.45, 2.75) is 12.5 Å². The molecule has 0 aliphatic carbocycles. The largest absolute Gasteiger partial charge is 0.478 e. The van der Waals surface area contributed by atoms with E-state index in [1.165, 1.54) is 12.1 Å². The molecule has 92 valence electrons. The van der Waals surface area contributed by atoms with E-state index in [0.717, 1.165) is 6.42 Å². The van der Waals surface area contributed by atoms with Crippen LogP contribution in [0.1, 0.15) is 16.8 Å². The lowest BCUT2D eigenvalue weighted by molar-refractivity contribution is 0.0695. The zero-order chi connectivity index (χ0) is 12.4. The van der Waals surface area contributed by atoms with Crippen molar-refractivity contribution in [3.63, 3.8) is 0 Å². The predicted molar refractivity (Wildman–Crippen MR) is 63.9 cm³/mol. The molecule has 1 aliphatic heterocycles. The molecule has 1 aliphatic rings. The van der Waals surface area contributed by atoms with Gasteiger partial charge in [-0.3, -0.25) is 0 Å². The summed E-state index contributed by atoms with van der Waals surface area (Å²) in [6, 6.07) is 2.88. The quantitative estimate of drug-likeness (QED) is 0.901. The van der Waals surface area contributed by atoms with Crippen LogP contribution in [-0.4, -0.2) is 30.3 Å². The summed E-state index contributed by atoms with van der Waals surface area (Å²) in [6.45, 7) is 1.20. The van der Waals surface area contributed by atoms with E-state index in [0.29, 0.717) is 13.2 Å². The summed E-state index contributed by atoms with van der Waals surface area (Å²) < 4.78 is 19.0. The molecule has 0 radical (unpaired) electrons. The smallest absolute Gasteiger partial charge is 0.336 e. The predicted octanol–water partition coefficient (Wildman–Crippen LogP) is 2.49. The third kappa shape index (κ3) is 2.58. The second-order valence-corrected chi connectivity index (χ2v) is 4.59. The minimum absolute atomic E-state index is 0.0334. The molecule has 1 fully saturated rings. The number of anilines is 1. The number of rotatable bonds is 3. The van der Waals surface area contributed by atoms with Crippen LogP contribution in [0.4, 0.5) is 10.1 Å². The standard InChI is InChI=1S/C11H11BrFNO3/c12-9-7(11(15)16)1-2-8(10(9)13)14-6-3-4-17-5-6/h1-2,6,14H,3-5H2,(H,15,16). The normalized spacial score (nSPS) is 19.3. The first-order chi connectivity index (χ1) is 8.09. The molecular weight excluding hydrogens is 293 g/mol. The molecule has 1 aromatic rings. The van der Waals surface area contributed by atoms with Crippen molar-refractivity contribution in [2.75, 3.05) is 18.5 Å². The Kier molecular flexibility index (Phi) is 3.63. The molecular formula is C11H11BrFNO3.